The molecule has 6 heteroatoms. The van der Waals surface area contributed by atoms with E-state index in [0.29, 0.717) is 15.7 Å². The number of thiazole rings is 1. The zero-order valence-corrected chi connectivity index (χ0v) is 14.5. The topological polar surface area (TPSA) is 47.3 Å². The van der Waals surface area contributed by atoms with Crippen LogP contribution in [0.5, 0.6) is 0 Å². The number of halogens is 1. The molecular formula is C19H12ClN3OS. The molecule has 122 valence electrons. The van der Waals surface area contributed by atoms with Crippen LogP contribution in [0.1, 0.15) is 11.3 Å². The first-order valence-corrected chi connectivity index (χ1v) is 8.82. The van der Waals surface area contributed by atoms with Gasteiger partial charge in [0.1, 0.15) is 0 Å². The fourth-order valence-corrected chi connectivity index (χ4v) is 3.54. The molecule has 0 aliphatic carbocycles. The van der Waals surface area contributed by atoms with Gasteiger partial charge < -0.3 is 0 Å². The van der Waals surface area contributed by atoms with Crippen molar-refractivity contribution in [1.29, 1.82) is 0 Å². The molecule has 0 bridgehead atoms. The van der Waals surface area contributed by atoms with Crippen LogP contribution in [0.15, 0.2) is 65.0 Å². The summed E-state index contributed by atoms with van der Waals surface area (Å²) in [6.45, 7) is 0. The summed E-state index contributed by atoms with van der Waals surface area (Å²) in [5, 5.41) is 2.60. The van der Waals surface area contributed by atoms with Crippen LogP contribution in [0, 0.1) is 0 Å². The lowest BCUT2D eigenvalue weighted by Crippen LogP contribution is -2.13. The van der Waals surface area contributed by atoms with Crippen molar-refractivity contribution in [3.05, 3.63) is 86.9 Å². The summed E-state index contributed by atoms with van der Waals surface area (Å²) >= 11 is 7.37. The average Bonchev–Trinajstić information content (AvgIpc) is 3.06. The maximum atomic E-state index is 12.6. The SMILES string of the molecule is O=c1cc(/C=C/c2cccnc2)nc2scc(-c3ccc(Cl)cc3)n12. The highest BCUT2D eigenvalue weighted by molar-refractivity contribution is 7.15. The third-order valence-corrected chi connectivity index (χ3v) is 4.77. The van der Waals surface area contributed by atoms with Gasteiger partial charge in [0.25, 0.3) is 5.56 Å². The smallest absolute Gasteiger partial charge is 0.259 e. The molecule has 0 N–H and O–H groups in total. The van der Waals surface area contributed by atoms with E-state index in [-0.39, 0.29) is 5.56 Å². The van der Waals surface area contributed by atoms with Crippen LogP contribution >= 0.6 is 22.9 Å². The van der Waals surface area contributed by atoms with Gasteiger partial charge in [-0.25, -0.2) is 4.98 Å². The van der Waals surface area contributed by atoms with E-state index in [4.69, 9.17) is 11.6 Å². The van der Waals surface area contributed by atoms with Gasteiger partial charge in [0.15, 0.2) is 4.96 Å². The van der Waals surface area contributed by atoms with Gasteiger partial charge in [-0.1, -0.05) is 35.9 Å². The van der Waals surface area contributed by atoms with E-state index in [2.05, 4.69) is 9.97 Å². The molecule has 0 spiro atoms. The third-order valence-electron chi connectivity index (χ3n) is 3.70. The molecule has 4 nitrogen and oxygen atoms in total. The number of fused-ring (bicyclic) bond motifs is 1. The van der Waals surface area contributed by atoms with Crippen LogP contribution in [0.4, 0.5) is 0 Å². The first kappa shape index (κ1) is 15.7. The van der Waals surface area contributed by atoms with Crippen molar-refractivity contribution in [3.8, 4) is 11.3 Å². The minimum Gasteiger partial charge on any atom is -0.269 e. The summed E-state index contributed by atoms with van der Waals surface area (Å²) < 4.78 is 1.62. The lowest BCUT2D eigenvalue weighted by molar-refractivity contribution is 1.08. The molecule has 4 rings (SSSR count). The molecule has 0 saturated carbocycles. The van der Waals surface area contributed by atoms with Gasteiger partial charge in [-0.3, -0.25) is 14.2 Å². The van der Waals surface area contributed by atoms with E-state index in [1.165, 1.54) is 17.4 Å². The second kappa shape index (κ2) is 6.63. The van der Waals surface area contributed by atoms with Crippen LogP contribution in [-0.4, -0.2) is 14.4 Å². The van der Waals surface area contributed by atoms with E-state index < -0.39 is 0 Å². The minimum absolute atomic E-state index is 0.109. The van der Waals surface area contributed by atoms with Crippen LogP contribution < -0.4 is 5.56 Å². The largest absolute Gasteiger partial charge is 0.269 e. The van der Waals surface area contributed by atoms with E-state index in [1.54, 1.807) is 16.8 Å². The molecule has 0 fully saturated rings. The van der Waals surface area contributed by atoms with E-state index in [9.17, 15) is 4.79 Å². The average molecular weight is 366 g/mol. The predicted octanol–water partition coefficient (Wildman–Crippen LogP) is 4.64. The lowest BCUT2D eigenvalue weighted by atomic mass is 10.2. The Morgan fingerprint density at radius 2 is 1.96 bits per heavy atom. The molecule has 0 aliphatic rings. The highest BCUT2D eigenvalue weighted by atomic mass is 35.5. The Labute approximate surface area is 152 Å². The molecule has 4 aromatic rings. The van der Waals surface area contributed by atoms with Gasteiger partial charge in [0.2, 0.25) is 0 Å². The molecule has 0 radical (unpaired) electrons. The Morgan fingerprint density at radius 1 is 1.12 bits per heavy atom. The standard InChI is InChI=1S/C19H12ClN3OS/c20-15-6-4-14(5-7-15)17-12-25-19-22-16(10-18(24)23(17)19)8-3-13-2-1-9-21-11-13/h1-12H/b8-3+. The molecule has 25 heavy (non-hydrogen) atoms. The number of hydrogen-bond donors (Lipinski definition) is 0. The van der Waals surface area contributed by atoms with E-state index in [1.807, 2.05) is 53.9 Å². The first-order valence-electron chi connectivity index (χ1n) is 7.56. The number of benzene rings is 1. The van der Waals surface area contributed by atoms with Crippen molar-refractivity contribution in [2.24, 2.45) is 0 Å². The van der Waals surface area contributed by atoms with E-state index >= 15 is 0 Å². The van der Waals surface area contributed by atoms with Gasteiger partial charge in [-0.2, -0.15) is 0 Å². The number of pyridine rings is 1. The summed E-state index contributed by atoms with van der Waals surface area (Å²) in [6.07, 6.45) is 7.18. The van der Waals surface area contributed by atoms with Crippen molar-refractivity contribution in [1.82, 2.24) is 14.4 Å². The summed E-state index contributed by atoms with van der Waals surface area (Å²) in [6, 6.07) is 12.8. The molecule has 3 aromatic heterocycles. The fraction of sp³-hybridized carbons (Fsp3) is 0. The summed E-state index contributed by atoms with van der Waals surface area (Å²) in [5.74, 6) is 0. The monoisotopic (exact) mass is 365 g/mol. The molecule has 0 aliphatic heterocycles. The number of aromatic nitrogens is 3. The van der Waals surface area contributed by atoms with Crippen LogP contribution in [-0.2, 0) is 0 Å². The molecular weight excluding hydrogens is 354 g/mol. The zero-order valence-electron chi connectivity index (χ0n) is 13.0. The van der Waals surface area contributed by atoms with E-state index in [0.717, 1.165) is 16.8 Å². The van der Waals surface area contributed by atoms with Gasteiger partial charge in [0.05, 0.1) is 11.4 Å². The Morgan fingerprint density at radius 3 is 2.72 bits per heavy atom. The fourth-order valence-electron chi connectivity index (χ4n) is 2.50. The minimum atomic E-state index is -0.109. The van der Waals surface area contributed by atoms with Crippen molar-refractivity contribution in [3.63, 3.8) is 0 Å². The number of nitrogens with zero attached hydrogens (tertiary/aromatic N) is 3. The second-order valence-electron chi connectivity index (χ2n) is 5.38. The Kier molecular flexibility index (Phi) is 4.17. The van der Waals surface area contributed by atoms with Gasteiger partial charge in [-0.15, -0.1) is 11.3 Å². The molecule has 3 heterocycles. The Balaban J connectivity index is 1.76. The predicted molar refractivity (Wildman–Crippen MR) is 103 cm³/mol. The third kappa shape index (κ3) is 3.24. The van der Waals surface area contributed by atoms with Gasteiger partial charge in [-0.05, 0) is 35.4 Å². The van der Waals surface area contributed by atoms with Gasteiger partial charge >= 0.3 is 0 Å². The summed E-state index contributed by atoms with van der Waals surface area (Å²) in [4.78, 5) is 21.9. The molecule has 0 amide bonds. The normalized spacial score (nSPS) is 11.4. The molecule has 0 atom stereocenters. The molecule has 0 saturated heterocycles. The zero-order chi connectivity index (χ0) is 17.2. The number of rotatable bonds is 3. The Hall–Kier alpha value is -2.76. The Bertz CT molecular complexity index is 1120. The number of hydrogen-bond acceptors (Lipinski definition) is 4. The highest BCUT2D eigenvalue weighted by Gasteiger charge is 2.10. The second-order valence-corrected chi connectivity index (χ2v) is 6.66. The van der Waals surface area contributed by atoms with Crippen molar-refractivity contribution >= 4 is 40.1 Å². The van der Waals surface area contributed by atoms with Crippen molar-refractivity contribution < 1.29 is 0 Å². The summed E-state index contributed by atoms with van der Waals surface area (Å²) in [7, 11) is 0. The highest BCUT2D eigenvalue weighted by Crippen LogP contribution is 2.25. The first-order chi connectivity index (χ1) is 12.2. The quantitative estimate of drug-likeness (QED) is 0.531. The van der Waals surface area contributed by atoms with Crippen LogP contribution in [0.3, 0.4) is 0 Å². The van der Waals surface area contributed by atoms with Crippen molar-refractivity contribution in [2.45, 2.75) is 0 Å². The maximum Gasteiger partial charge on any atom is 0.259 e. The molecule has 0 unspecified atom stereocenters. The maximum absolute atomic E-state index is 12.6. The summed E-state index contributed by atoms with van der Waals surface area (Å²) in [5.41, 5.74) is 3.22. The van der Waals surface area contributed by atoms with Crippen LogP contribution in [0.2, 0.25) is 5.02 Å². The van der Waals surface area contributed by atoms with Gasteiger partial charge in [0, 0.05) is 28.9 Å². The lowest BCUT2D eigenvalue weighted by Gasteiger charge is -2.02. The molecule has 1 aromatic carbocycles. The van der Waals surface area contributed by atoms with Crippen molar-refractivity contribution in [2.75, 3.05) is 0 Å². The van der Waals surface area contributed by atoms with Crippen LogP contribution in [0.25, 0.3) is 28.4 Å².